The lowest BCUT2D eigenvalue weighted by molar-refractivity contribution is -0.140. The number of hydrogen-bond acceptors (Lipinski definition) is 21. The Morgan fingerprint density at radius 1 is 0.337 bits per heavy atom. The molecule has 5 fully saturated rings. The molecule has 0 aromatic rings. The molecule has 29 heteroatoms. The molecule has 0 aromatic heterocycles. The van der Waals surface area contributed by atoms with Gasteiger partial charge >= 0.3 is 24.2 Å². The number of alkyl carbamates (subject to hydrolysis) is 3. The fourth-order valence-electron chi connectivity index (χ4n) is 13.9. The number of thioether (sulfide) groups is 4. The summed E-state index contributed by atoms with van der Waals surface area (Å²) in [5, 5.41) is 31.7. The Kier molecular flexibility index (Phi) is 52.1. The van der Waals surface area contributed by atoms with Crippen molar-refractivity contribution in [1.82, 2.24) is 37.2 Å². The number of carbonyl (C=O) groups excluding carboxylic acids is 7. The van der Waals surface area contributed by atoms with Crippen LogP contribution in [0.5, 0.6) is 0 Å². The third-order valence-corrected chi connectivity index (χ3v) is 26.3. The maximum atomic E-state index is 12.8. The minimum Gasteiger partial charge on any atom is -0.481 e. The largest absolute Gasteiger partial charge is 0.481 e. The molecule has 104 heavy (non-hydrogen) atoms. The van der Waals surface area contributed by atoms with Gasteiger partial charge in [0.05, 0.1) is 6.42 Å². The number of carboxylic acid groups (broad SMARTS) is 1. The predicted molar refractivity (Wildman–Crippen MR) is 440 cm³/mol. The molecule has 5 aliphatic rings. The summed E-state index contributed by atoms with van der Waals surface area (Å²) in [5.74, 6) is 5.12. The van der Waals surface area contributed by atoms with Crippen molar-refractivity contribution in [3.63, 3.8) is 0 Å². The van der Waals surface area contributed by atoms with Crippen molar-refractivity contribution in [3.8, 4) is 0 Å². The quantitative estimate of drug-likeness (QED) is 0.0118. The molecule has 23 nitrogen and oxygen atoms in total. The molecule has 5 rings (SSSR count). The minimum absolute atomic E-state index is 0. The number of amides is 7. The zero-order valence-electron chi connectivity index (χ0n) is 64.8. The lowest BCUT2D eigenvalue weighted by atomic mass is 9.71. The first-order chi connectivity index (χ1) is 48.8. The van der Waals surface area contributed by atoms with E-state index in [1.165, 1.54) is 51.4 Å². The molecule has 0 heterocycles. The highest BCUT2D eigenvalue weighted by molar-refractivity contribution is 8.76. The standard InChI is InChI=1S/C33H60N4O6S2.C23H44N4O2S2.C14H25NO4.C4H12N2S2.CH4/c1-30(2,3)42-28(40)36-23-32(13-9-7-10-14-32)21-26(38)34-17-19-44-25-45-20-18-35-27(39)22-33(15-11-8-12-16-33)24-37-29(41)43-31(4,5)6;24-17-22(7-3-1-4-8-22)15-20(28)26-11-13-30-19-31-14-12-27-21(29)16-23(18-25)9-5-2-6-10-23;1-13(2,3)19-12(18)15-10-14(9-11(16)17)7-5-4-6-8-14;5-1-3-7-8-4-2-6;/h7-25H2,1-6H3,(H,34,38)(H,35,39)(H,36,40)(H,37,41);1-19,24-25H2,(H,26,28)(H,27,29);4-10H2,1-3H3,(H,15,18)(H,16,17);1-6H2;1H4. The Bertz CT molecular complexity index is 2270. The second-order valence-electron chi connectivity index (χ2n) is 32.0. The molecule has 5 saturated carbocycles. The van der Waals surface area contributed by atoms with Gasteiger partial charge in [-0.25, -0.2) is 14.4 Å². The Labute approximate surface area is 653 Å². The van der Waals surface area contributed by atoms with Gasteiger partial charge < -0.3 is 79.5 Å². The van der Waals surface area contributed by atoms with E-state index < -0.39 is 41.1 Å². The summed E-state index contributed by atoms with van der Waals surface area (Å²) in [7, 11) is 3.58. The number of carbonyl (C=O) groups is 8. The molecule has 0 aliphatic heterocycles. The van der Waals surface area contributed by atoms with Gasteiger partial charge in [-0.1, -0.05) is 125 Å². The van der Waals surface area contributed by atoms with Crippen LogP contribution in [0.1, 0.15) is 262 Å². The van der Waals surface area contributed by atoms with E-state index in [9.17, 15) is 38.4 Å². The number of rotatable bonds is 39. The number of aliphatic carboxylic acids is 1. The highest BCUT2D eigenvalue weighted by atomic mass is 33.1. The van der Waals surface area contributed by atoms with E-state index >= 15 is 0 Å². The Hall–Kier alpha value is -2.90. The molecule has 0 spiro atoms. The lowest BCUT2D eigenvalue weighted by Crippen LogP contribution is -2.44. The molecule has 16 N–H and O–H groups in total. The predicted octanol–water partition coefficient (Wildman–Crippen LogP) is 13.5. The monoisotopic (exact) mass is 1580 g/mol. The van der Waals surface area contributed by atoms with E-state index in [-0.39, 0.29) is 64.6 Å². The molecule has 608 valence electrons. The molecule has 0 bridgehead atoms. The Balaban J connectivity index is 0.000000788. The molecule has 0 radical (unpaired) electrons. The summed E-state index contributed by atoms with van der Waals surface area (Å²) in [6.07, 6.45) is 27.8. The molecule has 0 aromatic carbocycles. The van der Waals surface area contributed by atoms with Crippen molar-refractivity contribution in [2.24, 2.45) is 50.0 Å². The second kappa shape index (κ2) is 54.7. The summed E-state index contributed by atoms with van der Waals surface area (Å²) in [6.45, 7) is 23.2. The van der Waals surface area contributed by atoms with Gasteiger partial charge in [0.1, 0.15) is 16.8 Å². The van der Waals surface area contributed by atoms with Gasteiger partial charge in [0.25, 0.3) is 0 Å². The second-order valence-corrected chi connectivity index (χ2v) is 39.9. The first-order valence-electron chi connectivity index (χ1n) is 38.3. The molecule has 0 unspecified atom stereocenters. The number of ether oxygens (including phenoxy) is 3. The zero-order chi connectivity index (χ0) is 76.6. The van der Waals surface area contributed by atoms with Crippen LogP contribution in [0.4, 0.5) is 14.4 Å². The molecule has 5 aliphatic carbocycles. The summed E-state index contributed by atoms with van der Waals surface area (Å²) in [4.78, 5) is 97.2. The first-order valence-corrected chi connectivity index (χ1v) is 45.4. The van der Waals surface area contributed by atoms with Gasteiger partial charge in [-0.3, -0.25) is 24.0 Å². The fraction of sp³-hybridized carbons (Fsp3) is 0.893. The zero-order valence-corrected chi connectivity index (χ0v) is 69.7. The third kappa shape index (κ3) is 48.6. The van der Waals surface area contributed by atoms with E-state index in [1.807, 2.05) is 65.1 Å². The van der Waals surface area contributed by atoms with E-state index in [2.05, 4.69) is 37.2 Å². The van der Waals surface area contributed by atoms with Gasteiger partial charge in [0, 0.05) is 129 Å². The van der Waals surface area contributed by atoms with E-state index in [0.29, 0.717) is 84.6 Å². The van der Waals surface area contributed by atoms with E-state index in [1.54, 1.807) is 65.9 Å². The van der Waals surface area contributed by atoms with Crippen molar-refractivity contribution in [1.29, 1.82) is 0 Å². The van der Waals surface area contributed by atoms with Crippen LogP contribution in [0.25, 0.3) is 0 Å². The average molecular weight is 1590 g/mol. The lowest BCUT2D eigenvalue weighted by Gasteiger charge is -2.37. The molecule has 0 atom stereocenters. The van der Waals surface area contributed by atoms with Crippen molar-refractivity contribution in [2.45, 2.75) is 279 Å². The number of carboxylic acids is 1. The summed E-state index contributed by atoms with van der Waals surface area (Å²) in [6, 6.07) is 0. The van der Waals surface area contributed by atoms with Gasteiger partial charge in [0.15, 0.2) is 0 Å². The van der Waals surface area contributed by atoms with Gasteiger partial charge in [-0.05, 0) is 167 Å². The van der Waals surface area contributed by atoms with Crippen LogP contribution in [0.2, 0.25) is 0 Å². The summed E-state index contributed by atoms with van der Waals surface area (Å²) < 4.78 is 16.0. The SMILES string of the molecule is C.CC(C)(C)OC(=O)NCC1(CC(=O)NCCSCSCCNC(=O)CC2(CNC(=O)OC(C)(C)C)CCCCC2)CCCCC1.CC(C)(C)OC(=O)NCC1(CC(=O)O)CCCCC1.NCC1(CC(=O)NCCSCSCCNC(=O)CC2(CN)CCCCC2)CCCCC1.NCCSSCCN. The molecular weight excluding hydrogens is 1440 g/mol. The molecule has 0 saturated heterocycles. The van der Waals surface area contributed by atoms with E-state index in [4.69, 9.17) is 42.3 Å². The van der Waals surface area contributed by atoms with Gasteiger partial charge in [0.2, 0.25) is 23.6 Å². The first kappa shape index (κ1) is 99.1. The van der Waals surface area contributed by atoms with Crippen molar-refractivity contribution < 1.29 is 57.7 Å². The number of nitrogens with one attached hydrogen (secondary N) is 7. The highest BCUT2D eigenvalue weighted by Gasteiger charge is 2.39. The normalized spacial score (nSPS) is 17.9. The van der Waals surface area contributed by atoms with Crippen molar-refractivity contribution >= 4 is 117 Å². The van der Waals surface area contributed by atoms with Crippen LogP contribution >= 0.6 is 68.6 Å². The van der Waals surface area contributed by atoms with E-state index in [0.717, 1.165) is 167 Å². The fourth-order valence-corrected chi connectivity index (χ4v) is 19.5. The van der Waals surface area contributed by atoms with Crippen LogP contribution in [0, 0.1) is 27.1 Å². The average Bonchev–Trinajstić information content (AvgIpc) is 0.864. The Morgan fingerprint density at radius 2 is 0.558 bits per heavy atom. The van der Waals surface area contributed by atoms with Crippen molar-refractivity contribution in [3.05, 3.63) is 0 Å². The summed E-state index contributed by atoms with van der Waals surface area (Å²) in [5.41, 5.74) is 20.2. The van der Waals surface area contributed by atoms with Crippen LogP contribution in [0.3, 0.4) is 0 Å². The molecular formula is C75H145N11O12S6. The minimum atomic E-state index is -0.798. The van der Waals surface area contributed by atoms with Crippen LogP contribution in [0.15, 0.2) is 0 Å². The topological polar surface area (TPSA) is 373 Å². The van der Waals surface area contributed by atoms with Gasteiger partial charge in [-0.2, -0.15) is 0 Å². The highest BCUT2D eigenvalue weighted by Crippen LogP contribution is 2.43. The third-order valence-electron chi connectivity index (χ3n) is 19.2. The smallest absolute Gasteiger partial charge is 0.407 e. The summed E-state index contributed by atoms with van der Waals surface area (Å²) >= 11 is 7.20. The Morgan fingerprint density at radius 3 is 0.769 bits per heavy atom. The van der Waals surface area contributed by atoms with Crippen LogP contribution in [-0.4, -0.2) is 186 Å². The van der Waals surface area contributed by atoms with Crippen molar-refractivity contribution in [2.75, 3.05) is 117 Å². The van der Waals surface area contributed by atoms with Crippen LogP contribution in [-0.2, 0) is 38.2 Å². The van der Waals surface area contributed by atoms with Crippen LogP contribution < -0.4 is 60.2 Å². The molecule has 7 amide bonds. The number of hydrogen-bond donors (Lipinski definition) is 12. The maximum absolute atomic E-state index is 12.8. The maximum Gasteiger partial charge on any atom is 0.407 e. The van der Waals surface area contributed by atoms with Gasteiger partial charge in [-0.15, -0.1) is 47.0 Å². The number of nitrogens with two attached hydrogens (primary N) is 4.